The molecule has 0 fully saturated rings. The average molecular weight is 208 g/mol. The summed E-state index contributed by atoms with van der Waals surface area (Å²) in [7, 11) is 0. The standard InChI is InChI=1S/C10H6ClNO2/c1-2-5-14-10-4-3-8(12-7-13)6-9(10)11/h1,3-4,6H,5H2. The zero-order valence-corrected chi connectivity index (χ0v) is 7.91. The summed E-state index contributed by atoms with van der Waals surface area (Å²) in [4.78, 5) is 13.4. The summed E-state index contributed by atoms with van der Waals surface area (Å²) < 4.78 is 5.11. The molecule has 1 aromatic rings. The number of hydrogen-bond donors (Lipinski definition) is 0. The number of carbonyl (C=O) groups excluding carboxylic acids is 1. The van der Waals surface area contributed by atoms with Crippen LogP contribution in [-0.4, -0.2) is 12.7 Å². The molecule has 1 aromatic carbocycles. The Morgan fingerprint density at radius 3 is 2.93 bits per heavy atom. The van der Waals surface area contributed by atoms with Gasteiger partial charge in [-0.15, -0.1) is 6.42 Å². The molecule has 0 heterocycles. The third-order valence-electron chi connectivity index (χ3n) is 1.40. The first-order valence-corrected chi connectivity index (χ1v) is 4.09. The zero-order chi connectivity index (χ0) is 10.4. The van der Waals surface area contributed by atoms with E-state index >= 15 is 0 Å². The highest BCUT2D eigenvalue weighted by Crippen LogP contribution is 2.28. The maximum atomic E-state index is 9.95. The highest BCUT2D eigenvalue weighted by molar-refractivity contribution is 6.32. The summed E-state index contributed by atoms with van der Waals surface area (Å²) in [6.45, 7) is 0.149. The van der Waals surface area contributed by atoms with Gasteiger partial charge in [-0.3, -0.25) is 0 Å². The molecular formula is C10H6ClNO2. The molecule has 1 rings (SSSR count). The Kier molecular flexibility index (Phi) is 3.75. The van der Waals surface area contributed by atoms with E-state index in [0.29, 0.717) is 16.5 Å². The molecule has 0 aromatic heterocycles. The quantitative estimate of drug-likeness (QED) is 0.434. The van der Waals surface area contributed by atoms with E-state index in [1.165, 1.54) is 12.1 Å². The minimum absolute atomic E-state index is 0.149. The van der Waals surface area contributed by atoms with Crippen molar-refractivity contribution in [2.24, 2.45) is 4.99 Å². The highest BCUT2D eigenvalue weighted by Gasteiger charge is 2.01. The maximum Gasteiger partial charge on any atom is 0.240 e. The summed E-state index contributed by atoms with van der Waals surface area (Å²) >= 11 is 5.82. The number of nitrogens with zero attached hydrogens (tertiary/aromatic N) is 1. The SMILES string of the molecule is C#CCOc1ccc(N=C=O)cc1Cl. The fraction of sp³-hybridized carbons (Fsp3) is 0.100. The molecule has 0 aliphatic carbocycles. The summed E-state index contributed by atoms with van der Waals surface area (Å²) in [6, 6.07) is 4.68. The van der Waals surface area contributed by atoms with Crippen molar-refractivity contribution < 1.29 is 9.53 Å². The topological polar surface area (TPSA) is 38.7 Å². The lowest BCUT2D eigenvalue weighted by molar-refractivity contribution is 0.370. The minimum Gasteiger partial charge on any atom is -0.479 e. The van der Waals surface area contributed by atoms with Crippen LogP contribution in [0.25, 0.3) is 0 Å². The Morgan fingerprint density at radius 1 is 1.57 bits per heavy atom. The number of ether oxygens (including phenoxy) is 1. The molecule has 0 aliphatic rings. The molecule has 0 spiro atoms. The van der Waals surface area contributed by atoms with E-state index in [2.05, 4.69) is 10.9 Å². The predicted molar refractivity (Wildman–Crippen MR) is 53.6 cm³/mol. The molecule has 70 valence electrons. The van der Waals surface area contributed by atoms with Crippen molar-refractivity contribution in [2.75, 3.05) is 6.61 Å². The van der Waals surface area contributed by atoms with Crippen LogP contribution < -0.4 is 4.74 Å². The third-order valence-corrected chi connectivity index (χ3v) is 1.70. The molecule has 0 amide bonds. The van der Waals surface area contributed by atoms with Gasteiger partial charge < -0.3 is 4.74 Å². The Morgan fingerprint density at radius 2 is 2.36 bits per heavy atom. The average Bonchev–Trinajstić information content (AvgIpc) is 2.17. The molecule has 0 N–H and O–H groups in total. The second-order valence-corrected chi connectivity index (χ2v) is 2.72. The van der Waals surface area contributed by atoms with Crippen LogP contribution in [0, 0.1) is 12.3 Å². The van der Waals surface area contributed by atoms with Crippen LogP contribution in [-0.2, 0) is 4.79 Å². The molecule has 4 heteroatoms. The summed E-state index contributed by atoms with van der Waals surface area (Å²) in [5.41, 5.74) is 0.429. The summed E-state index contributed by atoms with van der Waals surface area (Å²) in [5, 5.41) is 0.358. The van der Waals surface area contributed by atoms with Crippen LogP contribution >= 0.6 is 11.6 Å². The van der Waals surface area contributed by atoms with Crippen LogP contribution in [0.4, 0.5) is 5.69 Å². The smallest absolute Gasteiger partial charge is 0.240 e. The molecule has 0 saturated carbocycles. The molecule has 0 radical (unpaired) electrons. The van der Waals surface area contributed by atoms with Gasteiger partial charge in [0.25, 0.3) is 0 Å². The van der Waals surface area contributed by atoms with E-state index in [4.69, 9.17) is 22.8 Å². The molecule has 0 saturated heterocycles. The number of aliphatic imine (C=N–C) groups is 1. The Hall–Kier alpha value is -1.75. The number of benzene rings is 1. The van der Waals surface area contributed by atoms with Crippen LogP contribution in [0.1, 0.15) is 0 Å². The Bertz CT molecular complexity index is 417. The second-order valence-electron chi connectivity index (χ2n) is 2.31. The molecular weight excluding hydrogens is 202 g/mol. The predicted octanol–water partition coefficient (Wildman–Crippen LogP) is 2.32. The van der Waals surface area contributed by atoms with Crippen molar-refractivity contribution in [3.05, 3.63) is 23.2 Å². The normalized spacial score (nSPS) is 8.57. The number of halogens is 1. The third kappa shape index (κ3) is 2.63. The van der Waals surface area contributed by atoms with E-state index in [1.807, 2.05) is 0 Å². The maximum absolute atomic E-state index is 9.95. The van der Waals surface area contributed by atoms with Crippen LogP contribution in [0.15, 0.2) is 23.2 Å². The molecule has 0 atom stereocenters. The lowest BCUT2D eigenvalue weighted by Crippen LogP contribution is -1.93. The van der Waals surface area contributed by atoms with E-state index < -0.39 is 0 Å². The van der Waals surface area contributed by atoms with Crippen LogP contribution in [0.3, 0.4) is 0 Å². The van der Waals surface area contributed by atoms with Crippen molar-refractivity contribution in [1.82, 2.24) is 0 Å². The number of hydrogen-bond acceptors (Lipinski definition) is 3. The van der Waals surface area contributed by atoms with Gasteiger partial charge in [0.05, 0.1) is 10.7 Å². The van der Waals surface area contributed by atoms with Crippen molar-refractivity contribution in [3.63, 3.8) is 0 Å². The summed E-state index contributed by atoms with van der Waals surface area (Å²) in [6.07, 6.45) is 6.43. The van der Waals surface area contributed by atoms with Gasteiger partial charge in [-0.05, 0) is 18.2 Å². The number of isocyanates is 1. The fourth-order valence-electron chi connectivity index (χ4n) is 0.848. The lowest BCUT2D eigenvalue weighted by Gasteiger charge is -2.04. The van der Waals surface area contributed by atoms with Crippen molar-refractivity contribution in [2.45, 2.75) is 0 Å². The monoisotopic (exact) mass is 207 g/mol. The van der Waals surface area contributed by atoms with Gasteiger partial charge in [-0.25, -0.2) is 4.79 Å². The van der Waals surface area contributed by atoms with Gasteiger partial charge in [0.1, 0.15) is 12.4 Å². The number of rotatable bonds is 3. The van der Waals surface area contributed by atoms with Crippen LogP contribution in [0.2, 0.25) is 5.02 Å². The van der Waals surface area contributed by atoms with E-state index in [0.717, 1.165) is 0 Å². The fourth-order valence-corrected chi connectivity index (χ4v) is 1.08. The first-order valence-electron chi connectivity index (χ1n) is 3.71. The molecule has 14 heavy (non-hydrogen) atoms. The van der Waals surface area contributed by atoms with Gasteiger partial charge >= 0.3 is 0 Å². The Balaban J connectivity index is 2.90. The van der Waals surface area contributed by atoms with Crippen molar-refractivity contribution in [1.29, 1.82) is 0 Å². The largest absolute Gasteiger partial charge is 0.479 e. The van der Waals surface area contributed by atoms with Gasteiger partial charge in [0, 0.05) is 0 Å². The lowest BCUT2D eigenvalue weighted by atomic mass is 10.3. The molecule has 0 unspecified atom stereocenters. The van der Waals surface area contributed by atoms with Gasteiger partial charge in [0.2, 0.25) is 6.08 Å². The van der Waals surface area contributed by atoms with E-state index in [-0.39, 0.29) is 6.61 Å². The van der Waals surface area contributed by atoms with Crippen LogP contribution in [0.5, 0.6) is 5.75 Å². The van der Waals surface area contributed by atoms with Gasteiger partial charge in [-0.1, -0.05) is 17.5 Å². The van der Waals surface area contributed by atoms with Crippen molar-refractivity contribution >= 4 is 23.4 Å². The zero-order valence-electron chi connectivity index (χ0n) is 7.16. The Labute approximate surface area is 86.4 Å². The van der Waals surface area contributed by atoms with Crippen molar-refractivity contribution in [3.8, 4) is 18.1 Å². The highest BCUT2D eigenvalue weighted by atomic mass is 35.5. The number of terminal acetylenes is 1. The molecule has 0 aliphatic heterocycles. The van der Waals surface area contributed by atoms with E-state index in [9.17, 15) is 4.79 Å². The first-order chi connectivity index (χ1) is 6.77. The molecule has 0 bridgehead atoms. The minimum atomic E-state index is 0.149. The second kappa shape index (κ2) is 5.08. The van der Waals surface area contributed by atoms with E-state index in [1.54, 1.807) is 12.1 Å². The van der Waals surface area contributed by atoms with Gasteiger partial charge in [-0.2, -0.15) is 4.99 Å². The van der Waals surface area contributed by atoms with Gasteiger partial charge in [0.15, 0.2) is 0 Å². The molecule has 3 nitrogen and oxygen atoms in total. The summed E-state index contributed by atoms with van der Waals surface area (Å²) in [5.74, 6) is 2.78. The first kappa shape index (κ1) is 10.3.